The van der Waals surface area contributed by atoms with Gasteiger partial charge < -0.3 is 10.6 Å². The minimum Gasteiger partial charge on any atom is -0.321 e. The van der Waals surface area contributed by atoms with Crippen molar-refractivity contribution in [1.29, 1.82) is 0 Å². The van der Waals surface area contributed by atoms with Crippen LogP contribution in [0.2, 0.25) is 10.0 Å². The third-order valence-corrected chi connectivity index (χ3v) is 7.97. The number of benzene rings is 4. The number of hydrogen-bond acceptors (Lipinski definition) is 2. The van der Waals surface area contributed by atoms with Gasteiger partial charge in [0.2, 0.25) is 5.41 Å². The molecule has 0 spiro atoms. The van der Waals surface area contributed by atoms with Crippen LogP contribution >= 0.6 is 23.2 Å². The predicted molar refractivity (Wildman–Crippen MR) is 154 cm³/mol. The quantitative estimate of drug-likeness (QED) is 0.207. The summed E-state index contributed by atoms with van der Waals surface area (Å²) in [6, 6.07) is 18.6. The predicted octanol–water partition coefficient (Wildman–Crippen LogP) is 9.53. The molecule has 0 saturated heterocycles. The summed E-state index contributed by atoms with van der Waals surface area (Å²) in [6.07, 6.45) is -11.9. The molecule has 4 nitrogen and oxygen atoms in total. The Morgan fingerprint density at radius 2 is 0.884 bits per heavy atom. The van der Waals surface area contributed by atoms with E-state index in [9.17, 15) is 35.9 Å². The number of halogens is 8. The average Bonchev–Trinajstić information content (AvgIpc) is 2.95. The monoisotopic (exact) mass is 638 g/mol. The fourth-order valence-corrected chi connectivity index (χ4v) is 5.28. The number of rotatable bonds is 6. The van der Waals surface area contributed by atoms with Gasteiger partial charge >= 0.3 is 12.4 Å². The van der Waals surface area contributed by atoms with Crippen LogP contribution in [0.4, 0.5) is 37.7 Å². The van der Waals surface area contributed by atoms with Crippen molar-refractivity contribution in [2.24, 2.45) is 0 Å². The molecule has 0 fully saturated rings. The van der Waals surface area contributed by atoms with E-state index < -0.39 is 61.9 Å². The first-order valence-electron chi connectivity index (χ1n) is 12.6. The molecule has 43 heavy (non-hydrogen) atoms. The van der Waals surface area contributed by atoms with Crippen LogP contribution in [-0.4, -0.2) is 24.2 Å². The van der Waals surface area contributed by atoms with Gasteiger partial charge in [-0.25, -0.2) is 0 Å². The second-order valence-electron chi connectivity index (χ2n) is 9.59. The van der Waals surface area contributed by atoms with Crippen molar-refractivity contribution in [3.8, 4) is 0 Å². The molecule has 4 aromatic rings. The molecule has 0 radical (unpaired) electrons. The van der Waals surface area contributed by atoms with Crippen LogP contribution in [0.5, 0.6) is 0 Å². The molecule has 12 heteroatoms. The van der Waals surface area contributed by atoms with Crippen LogP contribution in [0.1, 0.15) is 43.0 Å². The zero-order valence-electron chi connectivity index (χ0n) is 22.4. The number of nitrogens with one attached hydrogen (secondary N) is 2. The normalized spacial score (nSPS) is 12.1. The minimum atomic E-state index is -5.93. The van der Waals surface area contributed by atoms with Crippen LogP contribution in [0.15, 0.2) is 84.9 Å². The van der Waals surface area contributed by atoms with Gasteiger partial charge in [-0.1, -0.05) is 71.7 Å². The Balaban J connectivity index is 1.87. The first kappa shape index (κ1) is 31.9. The lowest BCUT2D eigenvalue weighted by atomic mass is 9.69. The molecule has 0 bridgehead atoms. The van der Waals surface area contributed by atoms with E-state index in [2.05, 4.69) is 10.6 Å². The smallest absolute Gasteiger partial charge is 0.321 e. The van der Waals surface area contributed by atoms with E-state index in [4.69, 9.17) is 23.2 Å². The van der Waals surface area contributed by atoms with E-state index in [0.29, 0.717) is 12.1 Å². The molecule has 224 valence electrons. The molecule has 2 N–H and O–H groups in total. The van der Waals surface area contributed by atoms with Crippen LogP contribution in [0.25, 0.3) is 0 Å². The van der Waals surface area contributed by atoms with Crippen molar-refractivity contribution in [2.75, 3.05) is 10.6 Å². The van der Waals surface area contributed by atoms with E-state index in [1.165, 1.54) is 24.3 Å². The van der Waals surface area contributed by atoms with Crippen LogP contribution in [0, 0.1) is 13.8 Å². The van der Waals surface area contributed by atoms with Gasteiger partial charge in [0, 0.05) is 11.1 Å². The summed E-state index contributed by atoms with van der Waals surface area (Å²) in [7, 11) is 0. The van der Waals surface area contributed by atoms with Crippen LogP contribution < -0.4 is 10.6 Å². The Morgan fingerprint density at radius 1 is 0.558 bits per heavy atom. The molecule has 0 saturated carbocycles. The number of hydrogen-bond donors (Lipinski definition) is 2. The Bertz CT molecular complexity index is 1550. The SMILES string of the molecule is Cc1c(C(c2ccc(NC(=O)c3ccccc3)c(Cl)c2C)(C(F)(F)F)C(F)(F)F)ccc(NC(=O)c2ccccc2)c1Cl. The molecule has 4 aromatic carbocycles. The fourth-order valence-electron chi connectivity index (χ4n) is 4.86. The molecule has 0 aliphatic rings. The molecule has 0 aromatic heterocycles. The number of amides is 2. The summed E-state index contributed by atoms with van der Waals surface area (Å²) >= 11 is 12.6. The zero-order valence-corrected chi connectivity index (χ0v) is 23.9. The lowest BCUT2D eigenvalue weighted by Gasteiger charge is -2.40. The first-order valence-corrected chi connectivity index (χ1v) is 13.3. The van der Waals surface area contributed by atoms with Gasteiger partial charge in [0.1, 0.15) is 0 Å². The highest BCUT2D eigenvalue weighted by Gasteiger charge is 2.73. The number of alkyl halides is 6. The maximum absolute atomic E-state index is 15.0. The average molecular weight is 639 g/mol. The molecule has 0 aliphatic heterocycles. The highest BCUT2D eigenvalue weighted by atomic mass is 35.5. The molecule has 0 unspecified atom stereocenters. The van der Waals surface area contributed by atoms with Crippen molar-refractivity contribution in [3.05, 3.63) is 128 Å². The summed E-state index contributed by atoms with van der Waals surface area (Å²) < 4.78 is 89.9. The lowest BCUT2D eigenvalue weighted by molar-refractivity contribution is -0.289. The Hall–Kier alpha value is -4.02. The maximum Gasteiger partial charge on any atom is 0.411 e. The van der Waals surface area contributed by atoms with Crippen LogP contribution in [0.3, 0.4) is 0 Å². The largest absolute Gasteiger partial charge is 0.411 e. The molecule has 0 aliphatic carbocycles. The summed E-state index contributed by atoms with van der Waals surface area (Å²) in [5.41, 5.74) is -8.04. The lowest BCUT2D eigenvalue weighted by Crippen LogP contribution is -2.55. The van der Waals surface area contributed by atoms with Crippen molar-refractivity contribution in [3.63, 3.8) is 0 Å². The molecule has 0 atom stereocenters. The van der Waals surface area contributed by atoms with Crippen molar-refractivity contribution < 1.29 is 35.9 Å². The second-order valence-corrected chi connectivity index (χ2v) is 10.3. The first-order chi connectivity index (χ1) is 20.1. The van der Waals surface area contributed by atoms with Crippen molar-refractivity contribution >= 4 is 46.4 Å². The van der Waals surface area contributed by atoms with Crippen LogP contribution in [-0.2, 0) is 5.41 Å². The highest BCUT2D eigenvalue weighted by molar-refractivity contribution is 6.35. The van der Waals surface area contributed by atoms with E-state index in [-0.39, 0.29) is 22.5 Å². The molecule has 4 rings (SSSR count). The van der Waals surface area contributed by atoms with E-state index in [1.54, 1.807) is 36.4 Å². The maximum atomic E-state index is 15.0. The minimum absolute atomic E-state index is 0.177. The molecular formula is C31H22Cl2F6N2O2. The Labute approximate surface area is 252 Å². The van der Waals surface area contributed by atoms with E-state index in [0.717, 1.165) is 26.0 Å². The molecule has 2 amide bonds. The fraction of sp³-hybridized carbons (Fsp3) is 0.161. The summed E-state index contributed by atoms with van der Waals surface area (Å²) in [4.78, 5) is 25.2. The number of anilines is 2. The van der Waals surface area contributed by atoms with Crippen molar-refractivity contribution in [1.82, 2.24) is 0 Å². The zero-order chi connectivity index (χ0) is 31.7. The summed E-state index contributed by atoms with van der Waals surface area (Å²) in [5, 5.41) is 3.85. The summed E-state index contributed by atoms with van der Waals surface area (Å²) in [5.74, 6) is -1.33. The van der Waals surface area contributed by atoms with Crippen molar-refractivity contribution in [2.45, 2.75) is 31.6 Å². The number of carbonyl (C=O) groups is 2. The highest BCUT2D eigenvalue weighted by Crippen LogP contribution is 2.59. The molecule has 0 heterocycles. The van der Waals surface area contributed by atoms with Gasteiger partial charge in [-0.15, -0.1) is 0 Å². The topological polar surface area (TPSA) is 58.2 Å². The van der Waals surface area contributed by atoms with Gasteiger partial charge in [0.15, 0.2) is 0 Å². The van der Waals surface area contributed by atoms with Gasteiger partial charge in [-0.2, -0.15) is 26.3 Å². The van der Waals surface area contributed by atoms with Gasteiger partial charge in [-0.05, 0) is 72.5 Å². The molecular weight excluding hydrogens is 617 g/mol. The second kappa shape index (κ2) is 11.9. The van der Waals surface area contributed by atoms with Gasteiger partial charge in [0.25, 0.3) is 11.8 Å². The van der Waals surface area contributed by atoms with E-state index in [1.807, 2.05) is 0 Å². The third-order valence-electron chi connectivity index (χ3n) is 7.00. The third kappa shape index (κ3) is 5.81. The van der Waals surface area contributed by atoms with Gasteiger partial charge in [0.05, 0.1) is 21.4 Å². The standard InChI is InChI=1S/C31H22Cl2F6N2O2/c1-17-21(13-15-23(25(17)32)40-27(42)19-9-5-3-6-10-19)29(30(34,35)36,31(37,38)39)22-14-16-24(26(33)18(22)2)41-28(43)20-11-7-4-8-12-20/h3-16H,1-2H3,(H,40,42)(H,41,43). The summed E-state index contributed by atoms with van der Waals surface area (Å²) in [6.45, 7) is 2.01. The van der Waals surface area contributed by atoms with Gasteiger partial charge in [-0.3, -0.25) is 9.59 Å². The Kier molecular flexibility index (Phi) is 8.85. The number of carbonyl (C=O) groups excluding carboxylic acids is 2. The van der Waals surface area contributed by atoms with E-state index >= 15 is 0 Å². The Morgan fingerprint density at radius 3 is 1.19 bits per heavy atom.